The summed E-state index contributed by atoms with van der Waals surface area (Å²) in [6.07, 6.45) is 4.71. The van der Waals surface area contributed by atoms with Crippen LogP contribution in [0.25, 0.3) is 11.1 Å². The first kappa shape index (κ1) is 30.9. The molecular weight excluding hydrogens is 552 g/mol. The van der Waals surface area contributed by atoms with Crippen LogP contribution in [0.3, 0.4) is 0 Å². The van der Waals surface area contributed by atoms with E-state index >= 15 is 0 Å². The summed E-state index contributed by atoms with van der Waals surface area (Å²) in [5.41, 5.74) is 5.26. The molecular formula is C36H40N4O4. The van der Waals surface area contributed by atoms with Gasteiger partial charge in [-0.15, -0.1) is 0 Å². The number of carbonyl (C=O) groups excluding carboxylic acids is 2. The van der Waals surface area contributed by atoms with Crippen molar-refractivity contribution in [1.29, 1.82) is 0 Å². The van der Waals surface area contributed by atoms with Gasteiger partial charge in [0.25, 0.3) is 0 Å². The second-order valence-corrected chi connectivity index (χ2v) is 12.1. The molecule has 0 amide bonds. The van der Waals surface area contributed by atoms with Crippen LogP contribution >= 0.6 is 0 Å². The summed E-state index contributed by atoms with van der Waals surface area (Å²) in [6, 6.07) is 25.5. The van der Waals surface area contributed by atoms with Crippen molar-refractivity contribution in [2.24, 2.45) is 0 Å². The van der Waals surface area contributed by atoms with Crippen molar-refractivity contribution in [2.75, 3.05) is 31.1 Å². The monoisotopic (exact) mass is 592 g/mol. The Hall–Kier alpha value is -4.56. The van der Waals surface area contributed by atoms with Gasteiger partial charge in [-0.05, 0) is 61.6 Å². The van der Waals surface area contributed by atoms with Gasteiger partial charge in [-0.2, -0.15) is 0 Å². The third-order valence-electron chi connectivity index (χ3n) is 7.40. The Balaban J connectivity index is 1.08. The smallest absolute Gasteiger partial charge is 0.338 e. The third-order valence-corrected chi connectivity index (χ3v) is 7.40. The molecule has 0 bridgehead atoms. The SMILES string of the molecule is CC(C)(C)OC(=O)CCc1cccc(-c2cnc(N3CCN(Cc4ccc(C(=O)OCc5ccccc5)cc4)CC3)nc2)c1. The topological polar surface area (TPSA) is 84.9 Å². The van der Waals surface area contributed by atoms with Crippen LogP contribution in [-0.2, 0) is 33.8 Å². The predicted molar refractivity (Wildman–Crippen MR) is 171 cm³/mol. The molecule has 1 saturated heterocycles. The van der Waals surface area contributed by atoms with Gasteiger partial charge < -0.3 is 14.4 Å². The standard InChI is InChI=1S/C36H40N4O4/c1-36(2,3)44-33(41)17-14-27-10-7-11-31(22-27)32-23-37-35(38-24-32)40-20-18-39(19-21-40)25-28-12-15-30(16-13-28)34(42)43-26-29-8-5-4-6-9-29/h4-13,15-16,22-24H,14,17-21,25-26H2,1-3H3. The van der Waals surface area contributed by atoms with E-state index in [0.29, 0.717) is 18.4 Å². The maximum Gasteiger partial charge on any atom is 0.338 e. The fourth-order valence-electron chi connectivity index (χ4n) is 5.10. The van der Waals surface area contributed by atoms with Gasteiger partial charge in [0, 0.05) is 57.1 Å². The Morgan fingerprint density at radius 2 is 1.45 bits per heavy atom. The Labute approximate surface area is 259 Å². The molecule has 44 heavy (non-hydrogen) atoms. The number of ether oxygens (including phenoxy) is 2. The maximum atomic E-state index is 12.4. The molecule has 0 atom stereocenters. The highest BCUT2D eigenvalue weighted by Crippen LogP contribution is 2.22. The zero-order valence-electron chi connectivity index (χ0n) is 25.7. The number of anilines is 1. The van der Waals surface area contributed by atoms with Crippen molar-refractivity contribution in [3.05, 3.63) is 114 Å². The van der Waals surface area contributed by atoms with Crippen molar-refractivity contribution >= 4 is 17.9 Å². The quantitative estimate of drug-likeness (QED) is 0.204. The first-order valence-corrected chi connectivity index (χ1v) is 15.1. The van der Waals surface area contributed by atoms with E-state index in [4.69, 9.17) is 9.47 Å². The second-order valence-electron chi connectivity index (χ2n) is 12.1. The molecule has 0 aliphatic carbocycles. The Bertz CT molecular complexity index is 1530. The minimum absolute atomic E-state index is 0.190. The molecule has 0 N–H and O–H groups in total. The summed E-state index contributed by atoms with van der Waals surface area (Å²) < 4.78 is 10.9. The third kappa shape index (κ3) is 8.97. The van der Waals surface area contributed by atoms with Crippen LogP contribution in [0.15, 0.2) is 91.3 Å². The molecule has 0 unspecified atom stereocenters. The van der Waals surface area contributed by atoms with Crippen LogP contribution in [0, 0.1) is 0 Å². The molecule has 8 heteroatoms. The number of carbonyl (C=O) groups is 2. The largest absolute Gasteiger partial charge is 0.460 e. The van der Waals surface area contributed by atoms with E-state index in [1.165, 1.54) is 0 Å². The van der Waals surface area contributed by atoms with E-state index in [1.54, 1.807) is 0 Å². The van der Waals surface area contributed by atoms with Gasteiger partial charge in [0.2, 0.25) is 5.95 Å². The summed E-state index contributed by atoms with van der Waals surface area (Å²) in [7, 11) is 0. The zero-order chi connectivity index (χ0) is 30.9. The number of nitrogens with zero attached hydrogens (tertiary/aromatic N) is 4. The van der Waals surface area contributed by atoms with Crippen LogP contribution < -0.4 is 4.90 Å². The van der Waals surface area contributed by atoms with E-state index < -0.39 is 5.60 Å². The molecule has 1 fully saturated rings. The van der Waals surface area contributed by atoms with E-state index in [2.05, 4.69) is 25.8 Å². The number of aryl methyl sites for hydroxylation is 1. The number of piperazine rings is 1. The minimum atomic E-state index is -0.473. The van der Waals surface area contributed by atoms with Crippen molar-refractivity contribution in [3.8, 4) is 11.1 Å². The van der Waals surface area contributed by atoms with E-state index in [0.717, 1.165) is 66.5 Å². The number of esters is 2. The number of hydrogen-bond acceptors (Lipinski definition) is 8. The highest BCUT2D eigenvalue weighted by atomic mass is 16.6. The van der Waals surface area contributed by atoms with Gasteiger partial charge in [0.1, 0.15) is 12.2 Å². The highest BCUT2D eigenvalue weighted by molar-refractivity contribution is 5.89. The van der Waals surface area contributed by atoms with Crippen molar-refractivity contribution in [1.82, 2.24) is 14.9 Å². The first-order chi connectivity index (χ1) is 21.2. The second kappa shape index (κ2) is 14.3. The average molecular weight is 593 g/mol. The van der Waals surface area contributed by atoms with E-state index in [-0.39, 0.29) is 18.5 Å². The van der Waals surface area contributed by atoms with Crippen LogP contribution in [0.5, 0.6) is 0 Å². The fraction of sp³-hybridized carbons (Fsp3) is 0.333. The normalized spacial score (nSPS) is 13.8. The molecule has 8 nitrogen and oxygen atoms in total. The zero-order valence-corrected chi connectivity index (χ0v) is 25.7. The van der Waals surface area contributed by atoms with Crippen molar-refractivity contribution in [3.63, 3.8) is 0 Å². The van der Waals surface area contributed by atoms with Gasteiger partial charge >= 0.3 is 11.9 Å². The molecule has 0 radical (unpaired) electrons. The highest BCUT2D eigenvalue weighted by Gasteiger charge is 2.20. The van der Waals surface area contributed by atoms with Gasteiger partial charge in [0.05, 0.1) is 5.56 Å². The van der Waals surface area contributed by atoms with E-state index in [9.17, 15) is 9.59 Å². The Morgan fingerprint density at radius 3 is 2.14 bits per heavy atom. The maximum absolute atomic E-state index is 12.4. The summed E-state index contributed by atoms with van der Waals surface area (Å²) in [6.45, 7) is 10.2. The van der Waals surface area contributed by atoms with Crippen LogP contribution in [0.2, 0.25) is 0 Å². The van der Waals surface area contributed by atoms with Crippen molar-refractivity contribution < 1.29 is 19.1 Å². The summed E-state index contributed by atoms with van der Waals surface area (Å²) >= 11 is 0. The van der Waals surface area contributed by atoms with Gasteiger partial charge in [-0.3, -0.25) is 9.69 Å². The number of rotatable bonds is 10. The van der Waals surface area contributed by atoms with Crippen molar-refractivity contribution in [2.45, 2.75) is 52.4 Å². The average Bonchev–Trinajstić information content (AvgIpc) is 3.03. The van der Waals surface area contributed by atoms with Crippen LogP contribution in [0.4, 0.5) is 5.95 Å². The molecule has 0 saturated carbocycles. The molecule has 1 aliphatic heterocycles. The fourth-order valence-corrected chi connectivity index (χ4v) is 5.10. The molecule has 5 rings (SSSR count). The van der Waals surface area contributed by atoms with Crippen LogP contribution in [-0.4, -0.2) is 58.6 Å². The molecule has 228 valence electrons. The molecule has 4 aromatic rings. The number of benzene rings is 3. The number of aromatic nitrogens is 2. The Morgan fingerprint density at radius 1 is 0.773 bits per heavy atom. The summed E-state index contributed by atoms with van der Waals surface area (Å²) in [5, 5.41) is 0. The molecule has 2 heterocycles. The predicted octanol–water partition coefficient (Wildman–Crippen LogP) is 6.10. The molecule has 3 aromatic carbocycles. The lowest BCUT2D eigenvalue weighted by Gasteiger charge is -2.34. The summed E-state index contributed by atoms with van der Waals surface area (Å²) in [5.74, 6) is 0.226. The van der Waals surface area contributed by atoms with Gasteiger partial charge in [-0.25, -0.2) is 14.8 Å². The molecule has 1 aromatic heterocycles. The van der Waals surface area contributed by atoms with Gasteiger partial charge in [0.15, 0.2) is 0 Å². The lowest BCUT2D eigenvalue weighted by atomic mass is 10.0. The number of hydrogen-bond donors (Lipinski definition) is 0. The molecule has 0 spiro atoms. The van der Waals surface area contributed by atoms with Crippen LogP contribution in [0.1, 0.15) is 54.2 Å². The molecule has 1 aliphatic rings. The lowest BCUT2D eigenvalue weighted by molar-refractivity contribution is -0.154. The van der Waals surface area contributed by atoms with Gasteiger partial charge in [-0.1, -0.05) is 66.7 Å². The van der Waals surface area contributed by atoms with E-state index in [1.807, 2.05) is 106 Å². The summed E-state index contributed by atoms with van der Waals surface area (Å²) in [4.78, 5) is 38.5. The lowest BCUT2D eigenvalue weighted by Crippen LogP contribution is -2.46. The first-order valence-electron chi connectivity index (χ1n) is 15.1. The Kier molecular flexibility index (Phi) is 10.0. The minimum Gasteiger partial charge on any atom is -0.460 e.